The van der Waals surface area contributed by atoms with Crippen molar-refractivity contribution in [3.8, 4) is 0 Å². The number of rotatable bonds is 8. The number of ether oxygens (including phenoxy) is 3. The van der Waals surface area contributed by atoms with Gasteiger partial charge >= 0.3 is 0 Å². The fraction of sp³-hybridized carbons (Fsp3) is 0.652. The minimum absolute atomic E-state index is 0.103. The molecule has 3 aliphatic rings. The highest BCUT2D eigenvalue weighted by atomic mass is 19.2. The molecule has 2 aliphatic carbocycles. The maximum absolute atomic E-state index is 14.3. The molecule has 1 aliphatic heterocycles. The summed E-state index contributed by atoms with van der Waals surface area (Å²) in [5.74, 6) is -0.845. The summed E-state index contributed by atoms with van der Waals surface area (Å²) < 4.78 is 45.0. The van der Waals surface area contributed by atoms with Crippen LogP contribution in [0.15, 0.2) is 46.3 Å². The molecule has 2 unspecified atom stereocenters. The minimum atomic E-state index is -0.852. The Bertz CT molecular complexity index is 667. The largest absolute Gasteiger partial charge is 0.498 e. The first-order chi connectivity index (χ1) is 13.6. The molecule has 1 heterocycles. The van der Waals surface area contributed by atoms with Crippen LogP contribution in [0, 0.1) is 5.92 Å². The van der Waals surface area contributed by atoms with Gasteiger partial charge in [0.2, 0.25) is 0 Å². The average Bonchev–Trinajstić information content (AvgIpc) is 2.74. The molecular formula is C23H32F2O3. The van der Waals surface area contributed by atoms with Crippen molar-refractivity contribution in [3.05, 3.63) is 46.3 Å². The van der Waals surface area contributed by atoms with Gasteiger partial charge in [-0.25, -0.2) is 8.78 Å². The van der Waals surface area contributed by atoms with Gasteiger partial charge in [-0.3, -0.25) is 0 Å². The Morgan fingerprint density at radius 1 is 1.07 bits per heavy atom. The van der Waals surface area contributed by atoms with Crippen LogP contribution in [0.3, 0.4) is 0 Å². The molecule has 0 bridgehead atoms. The quantitative estimate of drug-likeness (QED) is 0.474. The third-order valence-corrected chi connectivity index (χ3v) is 5.92. The lowest BCUT2D eigenvalue weighted by Crippen LogP contribution is -2.28. The SMILES string of the molecule is CCCCC1CCC(OCC2=CC=C(C3=C(F)C(F)=C(OC)CC3)CC2)OC1. The first-order valence-electron chi connectivity index (χ1n) is 10.6. The van der Waals surface area contributed by atoms with Gasteiger partial charge in [-0.2, -0.15) is 0 Å². The summed E-state index contributed by atoms with van der Waals surface area (Å²) in [7, 11) is 1.38. The van der Waals surface area contributed by atoms with E-state index in [-0.39, 0.29) is 12.0 Å². The highest BCUT2D eigenvalue weighted by molar-refractivity contribution is 5.46. The topological polar surface area (TPSA) is 27.7 Å². The molecule has 0 aromatic heterocycles. The Labute approximate surface area is 167 Å². The van der Waals surface area contributed by atoms with E-state index in [1.54, 1.807) is 0 Å². The molecule has 1 fully saturated rings. The summed E-state index contributed by atoms with van der Waals surface area (Å²) in [6.45, 7) is 3.55. The number of hydrogen-bond acceptors (Lipinski definition) is 3. The summed E-state index contributed by atoms with van der Waals surface area (Å²) in [5.41, 5.74) is 2.52. The van der Waals surface area contributed by atoms with Crippen molar-refractivity contribution < 1.29 is 23.0 Å². The van der Waals surface area contributed by atoms with Crippen molar-refractivity contribution in [1.82, 2.24) is 0 Å². The Balaban J connectivity index is 1.50. The monoisotopic (exact) mass is 394 g/mol. The zero-order valence-corrected chi connectivity index (χ0v) is 17.1. The summed E-state index contributed by atoms with van der Waals surface area (Å²) in [6, 6.07) is 0. The lowest BCUT2D eigenvalue weighted by Gasteiger charge is -2.29. The fourth-order valence-corrected chi connectivity index (χ4v) is 4.09. The van der Waals surface area contributed by atoms with Crippen LogP contribution in [0.1, 0.15) is 64.7 Å². The van der Waals surface area contributed by atoms with Gasteiger partial charge in [0.05, 0.1) is 20.3 Å². The van der Waals surface area contributed by atoms with E-state index in [9.17, 15) is 8.78 Å². The van der Waals surface area contributed by atoms with Crippen LogP contribution in [0.2, 0.25) is 0 Å². The molecule has 3 rings (SSSR count). The van der Waals surface area contributed by atoms with Crippen LogP contribution in [0.4, 0.5) is 8.78 Å². The van der Waals surface area contributed by atoms with E-state index < -0.39 is 11.7 Å². The number of halogens is 2. The van der Waals surface area contributed by atoms with Gasteiger partial charge in [-0.1, -0.05) is 31.9 Å². The van der Waals surface area contributed by atoms with Gasteiger partial charge in [-0.05, 0) is 61.2 Å². The second-order valence-electron chi connectivity index (χ2n) is 7.91. The summed E-state index contributed by atoms with van der Waals surface area (Å²) in [4.78, 5) is 0. The molecule has 156 valence electrons. The van der Waals surface area contributed by atoms with Crippen LogP contribution >= 0.6 is 0 Å². The van der Waals surface area contributed by atoms with Gasteiger partial charge in [0.1, 0.15) is 5.76 Å². The molecule has 5 heteroatoms. The molecule has 0 saturated carbocycles. The van der Waals surface area contributed by atoms with Crippen molar-refractivity contribution in [2.45, 2.75) is 71.0 Å². The van der Waals surface area contributed by atoms with E-state index in [4.69, 9.17) is 14.2 Å². The molecule has 0 radical (unpaired) electrons. The predicted molar refractivity (Wildman–Crippen MR) is 106 cm³/mol. The van der Waals surface area contributed by atoms with E-state index in [2.05, 4.69) is 6.92 Å². The zero-order valence-electron chi connectivity index (χ0n) is 17.1. The standard InChI is InChI=1S/C23H32F2O3/c1-3-4-5-16-8-13-21(27-14-16)28-15-17-6-9-18(10-7-17)19-11-12-20(26-2)23(25)22(19)24/h6,9,16,21H,3-5,7-8,10-15H2,1-2H3. The summed E-state index contributed by atoms with van der Waals surface area (Å²) >= 11 is 0. The Hall–Kier alpha value is -1.46. The maximum Gasteiger partial charge on any atom is 0.196 e. The van der Waals surface area contributed by atoms with Crippen molar-refractivity contribution in [2.75, 3.05) is 20.3 Å². The lowest BCUT2D eigenvalue weighted by molar-refractivity contribution is -0.171. The van der Waals surface area contributed by atoms with E-state index >= 15 is 0 Å². The van der Waals surface area contributed by atoms with E-state index in [1.807, 2.05) is 12.2 Å². The Morgan fingerprint density at radius 2 is 1.93 bits per heavy atom. The van der Waals surface area contributed by atoms with Gasteiger partial charge in [0.25, 0.3) is 0 Å². The third-order valence-electron chi connectivity index (χ3n) is 5.92. The molecule has 1 saturated heterocycles. The van der Waals surface area contributed by atoms with Crippen molar-refractivity contribution >= 4 is 0 Å². The molecule has 0 aromatic carbocycles. The number of methoxy groups -OCH3 is 1. The van der Waals surface area contributed by atoms with Crippen LogP contribution in [0.5, 0.6) is 0 Å². The summed E-state index contributed by atoms with van der Waals surface area (Å²) in [5, 5.41) is 0. The number of unbranched alkanes of at least 4 members (excludes halogenated alkanes) is 1. The first kappa shape index (κ1) is 21.3. The lowest BCUT2D eigenvalue weighted by atomic mass is 9.88. The summed E-state index contributed by atoms with van der Waals surface area (Å²) in [6.07, 6.45) is 12.0. The predicted octanol–water partition coefficient (Wildman–Crippen LogP) is 6.44. The molecule has 0 aromatic rings. The van der Waals surface area contributed by atoms with E-state index in [0.29, 0.717) is 37.4 Å². The van der Waals surface area contributed by atoms with E-state index in [0.717, 1.165) is 25.0 Å². The van der Waals surface area contributed by atoms with Gasteiger partial charge in [0.15, 0.2) is 17.9 Å². The second-order valence-corrected chi connectivity index (χ2v) is 7.91. The Morgan fingerprint density at radius 3 is 2.57 bits per heavy atom. The molecule has 0 amide bonds. The van der Waals surface area contributed by atoms with Crippen molar-refractivity contribution in [3.63, 3.8) is 0 Å². The molecule has 0 spiro atoms. The fourth-order valence-electron chi connectivity index (χ4n) is 4.09. The number of allylic oxidation sites excluding steroid dienone is 7. The van der Waals surface area contributed by atoms with Crippen LogP contribution in [-0.4, -0.2) is 26.6 Å². The first-order valence-corrected chi connectivity index (χ1v) is 10.6. The second kappa shape index (κ2) is 10.4. The van der Waals surface area contributed by atoms with Crippen LogP contribution in [0.25, 0.3) is 0 Å². The van der Waals surface area contributed by atoms with Crippen molar-refractivity contribution in [2.24, 2.45) is 5.92 Å². The van der Waals surface area contributed by atoms with Crippen LogP contribution in [-0.2, 0) is 14.2 Å². The molecule has 2 atom stereocenters. The third kappa shape index (κ3) is 5.32. The molecular weight excluding hydrogens is 362 g/mol. The highest BCUT2D eigenvalue weighted by Gasteiger charge is 2.26. The van der Waals surface area contributed by atoms with Crippen molar-refractivity contribution in [1.29, 1.82) is 0 Å². The normalized spacial score (nSPS) is 26.3. The smallest absolute Gasteiger partial charge is 0.196 e. The van der Waals surface area contributed by atoms with Crippen LogP contribution < -0.4 is 0 Å². The van der Waals surface area contributed by atoms with Gasteiger partial charge < -0.3 is 14.2 Å². The van der Waals surface area contributed by atoms with E-state index in [1.165, 1.54) is 38.4 Å². The average molecular weight is 395 g/mol. The minimum Gasteiger partial charge on any atom is -0.498 e. The molecule has 28 heavy (non-hydrogen) atoms. The molecule has 0 N–H and O–H groups in total. The van der Waals surface area contributed by atoms with Gasteiger partial charge in [-0.15, -0.1) is 0 Å². The maximum atomic E-state index is 14.3. The van der Waals surface area contributed by atoms with Gasteiger partial charge in [0, 0.05) is 6.42 Å². The highest BCUT2D eigenvalue weighted by Crippen LogP contribution is 2.38. The molecule has 3 nitrogen and oxygen atoms in total. The number of hydrogen-bond donors (Lipinski definition) is 0. The zero-order chi connectivity index (χ0) is 19.9. The Kier molecular flexibility index (Phi) is 7.86.